The Morgan fingerprint density at radius 2 is 1.85 bits per heavy atom. The molecule has 0 spiro atoms. The molecule has 0 radical (unpaired) electrons. The molecule has 3 aromatic carbocycles. The highest BCUT2D eigenvalue weighted by atomic mass is 19.1. The van der Waals surface area contributed by atoms with Gasteiger partial charge in [0.15, 0.2) is 0 Å². The zero-order valence-corrected chi connectivity index (χ0v) is 18.6. The lowest BCUT2D eigenvalue weighted by atomic mass is 9.92. The van der Waals surface area contributed by atoms with Crippen molar-refractivity contribution in [3.05, 3.63) is 113 Å². The number of rotatable bonds is 4. The van der Waals surface area contributed by atoms with E-state index in [1.807, 2.05) is 24.3 Å². The third-order valence-electron chi connectivity index (χ3n) is 6.23. The maximum absolute atomic E-state index is 14.2. The Morgan fingerprint density at radius 1 is 1.06 bits per heavy atom. The number of fused-ring (bicyclic) bond motifs is 3. The van der Waals surface area contributed by atoms with Crippen LogP contribution in [-0.4, -0.2) is 35.4 Å². The minimum atomic E-state index is -0.425. The molecule has 1 aliphatic heterocycles. The molecule has 1 aliphatic rings. The van der Waals surface area contributed by atoms with Crippen LogP contribution in [0, 0.1) is 5.82 Å². The number of esters is 1. The van der Waals surface area contributed by atoms with Gasteiger partial charge in [-0.2, -0.15) is 0 Å². The number of para-hydroxylation sites is 1. The van der Waals surface area contributed by atoms with Gasteiger partial charge in [-0.1, -0.05) is 42.5 Å². The Kier molecular flexibility index (Phi) is 5.72. The first kappa shape index (κ1) is 21.6. The van der Waals surface area contributed by atoms with E-state index in [1.165, 1.54) is 25.3 Å². The Hall–Kier alpha value is -4.19. The average Bonchev–Trinajstić information content (AvgIpc) is 3.25. The second-order valence-electron chi connectivity index (χ2n) is 8.25. The second-order valence-corrected chi connectivity index (χ2v) is 8.25. The van der Waals surface area contributed by atoms with Crippen LogP contribution in [0.15, 0.2) is 78.9 Å². The Balaban J connectivity index is 1.49. The van der Waals surface area contributed by atoms with E-state index in [0.29, 0.717) is 18.5 Å². The van der Waals surface area contributed by atoms with E-state index in [9.17, 15) is 14.0 Å². The van der Waals surface area contributed by atoms with Gasteiger partial charge >= 0.3 is 5.97 Å². The summed E-state index contributed by atoms with van der Waals surface area (Å²) < 4.78 is 18.9. The van der Waals surface area contributed by atoms with Crippen LogP contribution in [0.25, 0.3) is 17.0 Å². The SMILES string of the molecule is COC(=O)c1ccc(/C=C/C(=O)N2CCc3c([nH]c4ccccc34)C2c2cccc(F)c2)cc1. The number of halogens is 1. The van der Waals surface area contributed by atoms with Crippen molar-refractivity contribution in [2.75, 3.05) is 13.7 Å². The average molecular weight is 455 g/mol. The molecule has 0 saturated heterocycles. The summed E-state index contributed by atoms with van der Waals surface area (Å²) in [5, 5.41) is 1.13. The third kappa shape index (κ3) is 3.99. The zero-order chi connectivity index (χ0) is 23.7. The summed E-state index contributed by atoms with van der Waals surface area (Å²) in [6, 6.07) is 20.9. The van der Waals surface area contributed by atoms with Crippen molar-refractivity contribution in [1.82, 2.24) is 9.88 Å². The lowest BCUT2D eigenvalue weighted by Crippen LogP contribution is -2.39. The molecular formula is C28H23FN2O3. The normalized spacial score (nSPS) is 15.5. The molecule has 1 atom stereocenters. The smallest absolute Gasteiger partial charge is 0.337 e. The standard InChI is InChI=1S/C28H23FN2O3/c1-34-28(33)19-12-9-18(10-13-19)11-14-25(32)31-16-15-23-22-7-2-3-8-24(22)30-26(23)27(31)20-5-4-6-21(29)17-20/h2-14,17,27,30H,15-16H2,1H3/b14-11+. The van der Waals surface area contributed by atoms with E-state index in [-0.39, 0.29) is 11.7 Å². The minimum Gasteiger partial charge on any atom is -0.465 e. The molecule has 34 heavy (non-hydrogen) atoms. The van der Waals surface area contributed by atoms with Crippen LogP contribution in [0.1, 0.15) is 38.8 Å². The number of hydrogen-bond donors (Lipinski definition) is 1. The van der Waals surface area contributed by atoms with Crippen LogP contribution < -0.4 is 0 Å². The van der Waals surface area contributed by atoms with Crippen molar-refractivity contribution >= 4 is 28.9 Å². The predicted octanol–water partition coefficient (Wildman–Crippen LogP) is 5.28. The monoisotopic (exact) mass is 454 g/mol. The number of aromatic nitrogens is 1. The number of ether oxygens (including phenoxy) is 1. The van der Waals surface area contributed by atoms with Gasteiger partial charge in [0.05, 0.1) is 18.7 Å². The molecule has 1 amide bonds. The molecule has 6 heteroatoms. The summed E-state index contributed by atoms with van der Waals surface area (Å²) in [5.41, 5.74) is 5.03. The van der Waals surface area contributed by atoms with Crippen LogP contribution in [0.4, 0.5) is 4.39 Å². The van der Waals surface area contributed by atoms with E-state index >= 15 is 0 Å². The number of carbonyl (C=O) groups excluding carboxylic acids is 2. The largest absolute Gasteiger partial charge is 0.465 e. The lowest BCUT2D eigenvalue weighted by Gasteiger charge is -2.35. The summed E-state index contributed by atoms with van der Waals surface area (Å²) >= 11 is 0. The van der Waals surface area contributed by atoms with Gasteiger partial charge in [-0.15, -0.1) is 0 Å². The van der Waals surface area contributed by atoms with Gasteiger partial charge < -0.3 is 14.6 Å². The van der Waals surface area contributed by atoms with Gasteiger partial charge in [-0.05, 0) is 59.5 Å². The molecule has 2 heterocycles. The third-order valence-corrected chi connectivity index (χ3v) is 6.23. The number of methoxy groups -OCH3 is 1. The van der Waals surface area contributed by atoms with E-state index < -0.39 is 12.0 Å². The second kappa shape index (κ2) is 8.98. The van der Waals surface area contributed by atoms with Crippen molar-refractivity contribution in [3.63, 3.8) is 0 Å². The van der Waals surface area contributed by atoms with Gasteiger partial charge in [0.2, 0.25) is 5.91 Å². The maximum atomic E-state index is 14.2. The van der Waals surface area contributed by atoms with E-state index in [4.69, 9.17) is 4.74 Å². The molecule has 1 aromatic heterocycles. The first-order valence-electron chi connectivity index (χ1n) is 11.1. The highest BCUT2D eigenvalue weighted by molar-refractivity contribution is 5.94. The summed E-state index contributed by atoms with van der Waals surface area (Å²) in [5.74, 6) is -0.919. The van der Waals surface area contributed by atoms with Gasteiger partial charge in [0.25, 0.3) is 0 Å². The van der Waals surface area contributed by atoms with Crippen molar-refractivity contribution in [2.24, 2.45) is 0 Å². The molecule has 5 nitrogen and oxygen atoms in total. The highest BCUT2D eigenvalue weighted by Crippen LogP contribution is 2.38. The number of carbonyl (C=O) groups is 2. The highest BCUT2D eigenvalue weighted by Gasteiger charge is 2.33. The lowest BCUT2D eigenvalue weighted by molar-refractivity contribution is -0.128. The van der Waals surface area contributed by atoms with E-state index in [1.54, 1.807) is 41.3 Å². The first-order valence-corrected chi connectivity index (χ1v) is 11.1. The van der Waals surface area contributed by atoms with Crippen molar-refractivity contribution in [3.8, 4) is 0 Å². The Labute approximate surface area is 196 Å². The van der Waals surface area contributed by atoms with Crippen LogP contribution in [0.2, 0.25) is 0 Å². The zero-order valence-electron chi connectivity index (χ0n) is 18.6. The van der Waals surface area contributed by atoms with Gasteiger partial charge in [-0.25, -0.2) is 9.18 Å². The number of benzene rings is 3. The fourth-order valence-corrected chi connectivity index (χ4v) is 4.61. The van der Waals surface area contributed by atoms with Gasteiger partial charge in [0.1, 0.15) is 5.82 Å². The van der Waals surface area contributed by atoms with Crippen LogP contribution in [0.3, 0.4) is 0 Å². The summed E-state index contributed by atoms with van der Waals surface area (Å²) in [6.45, 7) is 0.514. The topological polar surface area (TPSA) is 62.4 Å². The first-order chi connectivity index (χ1) is 16.5. The quantitative estimate of drug-likeness (QED) is 0.337. The molecule has 0 bridgehead atoms. The fraction of sp³-hybridized carbons (Fsp3) is 0.143. The predicted molar refractivity (Wildman–Crippen MR) is 129 cm³/mol. The van der Waals surface area contributed by atoms with E-state index in [0.717, 1.165) is 33.3 Å². The van der Waals surface area contributed by atoms with Crippen molar-refractivity contribution in [2.45, 2.75) is 12.5 Å². The van der Waals surface area contributed by atoms with Gasteiger partial charge in [0, 0.05) is 29.2 Å². The molecule has 170 valence electrons. The number of nitrogens with one attached hydrogen (secondary N) is 1. The van der Waals surface area contributed by atoms with Crippen molar-refractivity contribution < 1.29 is 18.7 Å². The molecule has 1 N–H and O–H groups in total. The van der Waals surface area contributed by atoms with Crippen LogP contribution in [0.5, 0.6) is 0 Å². The number of amides is 1. The summed E-state index contributed by atoms with van der Waals surface area (Å²) in [4.78, 5) is 30.2. The summed E-state index contributed by atoms with van der Waals surface area (Å²) in [7, 11) is 1.33. The molecule has 5 rings (SSSR count). The van der Waals surface area contributed by atoms with Crippen molar-refractivity contribution in [1.29, 1.82) is 0 Å². The Morgan fingerprint density at radius 3 is 2.62 bits per heavy atom. The summed E-state index contributed by atoms with van der Waals surface area (Å²) in [6.07, 6.45) is 3.94. The number of hydrogen-bond acceptors (Lipinski definition) is 3. The number of H-pyrrole nitrogens is 1. The molecule has 1 unspecified atom stereocenters. The van der Waals surface area contributed by atoms with E-state index in [2.05, 4.69) is 11.1 Å². The number of nitrogens with zero attached hydrogens (tertiary/aromatic N) is 1. The van der Waals surface area contributed by atoms with Crippen LogP contribution in [-0.2, 0) is 16.0 Å². The molecule has 0 aliphatic carbocycles. The molecule has 4 aromatic rings. The number of aromatic amines is 1. The maximum Gasteiger partial charge on any atom is 0.337 e. The van der Waals surface area contributed by atoms with Gasteiger partial charge in [-0.3, -0.25) is 4.79 Å². The van der Waals surface area contributed by atoms with Crippen LogP contribution >= 0.6 is 0 Å². The molecular weight excluding hydrogens is 431 g/mol. The fourth-order valence-electron chi connectivity index (χ4n) is 4.61. The molecule has 0 saturated carbocycles. The minimum absolute atomic E-state index is 0.171. The molecule has 0 fully saturated rings. The Bertz CT molecular complexity index is 1400.